The SMILES string of the molecule is CCOC(=O)C=C(C)C1=Cc2cc(-c3ccccc3)ccc2OC1. The highest BCUT2D eigenvalue weighted by Gasteiger charge is 2.14. The molecule has 3 rings (SSSR count). The Morgan fingerprint density at radius 1 is 1.17 bits per heavy atom. The number of ether oxygens (including phenoxy) is 2. The first-order chi connectivity index (χ1) is 11.7. The van der Waals surface area contributed by atoms with E-state index in [2.05, 4.69) is 30.3 Å². The van der Waals surface area contributed by atoms with Gasteiger partial charge in [0.2, 0.25) is 0 Å². The molecule has 0 radical (unpaired) electrons. The van der Waals surface area contributed by atoms with E-state index in [4.69, 9.17) is 9.47 Å². The summed E-state index contributed by atoms with van der Waals surface area (Å²) in [4.78, 5) is 11.6. The standard InChI is InChI=1S/C21H20O3/c1-3-23-21(22)11-15(2)19-13-18-12-17(9-10-20(18)24-14-19)16-7-5-4-6-8-16/h4-13H,3,14H2,1-2H3. The lowest BCUT2D eigenvalue weighted by molar-refractivity contribution is -0.137. The molecule has 0 aliphatic carbocycles. The zero-order valence-corrected chi connectivity index (χ0v) is 13.9. The van der Waals surface area contributed by atoms with Crippen molar-refractivity contribution in [1.29, 1.82) is 0 Å². The van der Waals surface area contributed by atoms with Crippen LogP contribution in [0.5, 0.6) is 5.75 Å². The summed E-state index contributed by atoms with van der Waals surface area (Å²) >= 11 is 0. The van der Waals surface area contributed by atoms with Crippen molar-refractivity contribution in [3.8, 4) is 16.9 Å². The van der Waals surface area contributed by atoms with Crippen LogP contribution in [0.1, 0.15) is 19.4 Å². The molecule has 122 valence electrons. The van der Waals surface area contributed by atoms with Crippen LogP contribution < -0.4 is 4.74 Å². The number of hydrogen-bond donors (Lipinski definition) is 0. The second kappa shape index (κ2) is 7.18. The average Bonchev–Trinajstić information content (AvgIpc) is 2.61. The van der Waals surface area contributed by atoms with Gasteiger partial charge in [-0.25, -0.2) is 4.79 Å². The van der Waals surface area contributed by atoms with E-state index in [0.29, 0.717) is 13.2 Å². The molecule has 0 unspecified atom stereocenters. The third kappa shape index (κ3) is 3.57. The molecule has 0 fully saturated rings. The Morgan fingerprint density at radius 3 is 2.71 bits per heavy atom. The van der Waals surface area contributed by atoms with E-state index in [1.807, 2.05) is 31.2 Å². The molecule has 1 heterocycles. The molecule has 24 heavy (non-hydrogen) atoms. The Hall–Kier alpha value is -2.81. The average molecular weight is 320 g/mol. The smallest absolute Gasteiger partial charge is 0.331 e. The van der Waals surface area contributed by atoms with Crippen LogP contribution in [0, 0.1) is 0 Å². The maximum absolute atomic E-state index is 11.6. The van der Waals surface area contributed by atoms with Gasteiger partial charge in [-0.05, 0) is 54.3 Å². The molecular formula is C21H20O3. The first-order valence-corrected chi connectivity index (χ1v) is 8.05. The highest BCUT2D eigenvalue weighted by molar-refractivity contribution is 5.84. The minimum atomic E-state index is -0.320. The van der Waals surface area contributed by atoms with Crippen molar-refractivity contribution in [2.24, 2.45) is 0 Å². The van der Waals surface area contributed by atoms with Gasteiger partial charge < -0.3 is 9.47 Å². The molecule has 2 aromatic rings. The zero-order chi connectivity index (χ0) is 16.9. The minimum Gasteiger partial charge on any atom is -0.488 e. The van der Waals surface area contributed by atoms with E-state index < -0.39 is 0 Å². The predicted octanol–water partition coefficient (Wildman–Crippen LogP) is 4.64. The lowest BCUT2D eigenvalue weighted by Crippen LogP contribution is -2.09. The maximum atomic E-state index is 11.6. The molecule has 3 heteroatoms. The van der Waals surface area contributed by atoms with Crippen LogP contribution in [0.15, 0.2) is 65.8 Å². The van der Waals surface area contributed by atoms with Gasteiger partial charge in [-0.1, -0.05) is 36.4 Å². The second-order valence-corrected chi connectivity index (χ2v) is 5.66. The summed E-state index contributed by atoms with van der Waals surface area (Å²) in [5.41, 5.74) is 5.18. The summed E-state index contributed by atoms with van der Waals surface area (Å²) in [5, 5.41) is 0. The number of carbonyl (C=O) groups is 1. The van der Waals surface area contributed by atoms with Crippen molar-refractivity contribution in [2.45, 2.75) is 13.8 Å². The Labute approximate surface area is 142 Å². The Bertz CT molecular complexity index is 801. The van der Waals surface area contributed by atoms with Crippen LogP contribution in [0.25, 0.3) is 17.2 Å². The second-order valence-electron chi connectivity index (χ2n) is 5.66. The minimum absolute atomic E-state index is 0.320. The number of benzene rings is 2. The van der Waals surface area contributed by atoms with Crippen LogP contribution in [0.3, 0.4) is 0 Å². The lowest BCUT2D eigenvalue weighted by atomic mass is 9.98. The maximum Gasteiger partial charge on any atom is 0.331 e. The van der Waals surface area contributed by atoms with E-state index in [9.17, 15) is 4.79 Å². The van der Waals surface area contributed by atoms with Gasteiger partial charge in [-0.2, -0.15) is 0 Å². The van der Waals surface area contributed by atoms with Gasteiger partial charge in [0.05, 0.1) is 6.61 Å². The zero-order valence-electron chi connectivity index (χ0n) is 13.9. The molecule has 0 atom stereocenters. The molecule has 0 saturated carbocycles. The Morgan fingerprint density at radius 2 is 1.96 bits per heavy atom. The number of fused-ring (bicyclic) bond motifs is 1. The highest BCUT2D eigenvalue weighted by Crippen LogP contribution is 2.32. The van der Waals surface area contributed by atoms with Gasteiger partial charge in [0, 0.05) is 11.6 Å². The van der Waals surface area contributed by atoms with Crippen LogP contribution in [-0.2, 0) is 9.53 Å². The first-order valence-electron chi connectivity index (χ1n) is 8.05. The lowest BCUT2D eigenvalue weighted by Gasteiger charge is -2.19. The normalized spacial score (nSPS) is 13.6. The number of carbonyl (C=O) groups excluding carboxylic acids is 1. The third-order valence-electron chi connectivity index (χ3n) is 3.96. The van der Waals surface area contributed by atoms with Crippen molar-refractivity contribution in [3.63, 3.8) is 0 Å². The van der Waals surface area contributed by atoms with Gasteiger partial charge in [0.1, 0.15) is 12.4 Å². The summed E-state index contributed by atoms with van der Waals surface area (Å²) < 4.78 is 10.8. The molecule has 0 aromatic heterocycles. The molecule has 2 aromatic carbocycles. The van der Waals surface area contributed by atoms with Gasteiger partial charge >= 0.3 is 5.97 Å². The fourth-order valence-electron chi connectivity index (χ4n) is 2.67. The van der Waals surface area contributed by atoms with Crippen molar-refractivity contribution in [1.82, 2.24) is 0 Å². The van der Waals surface area contributed by atoms with E-state index in [-0.39, 0.29) is 5.97 Å². The van der Waals surface area contributed by atoms with Crippen LogP contribution in [0.4, 0.5) is 0 Å². The Kier molecular flexibility index (Phi) is 4.80. The highest BCUT2D eigenvalue weighted by atomic mass is 16.5. The first kappa shape index (κ1) is 16.1. The molecule has 1 aliphatic heterocycles. The summed E-state index contributed by atoms with van der Waals surface area (Å²) in [7, 11) is 0. The molecule has 0 spiro atoms. The van der Waals surface area contributed by atoms with Crippen LogP contribution in [-0.4, -0.2) is 19.2 Å². The number of esters is 1. The Balaban J connectivity index is 1.91. The molecule has 3 nitrogen and oxygen atoms in total. The van der Waals surface area contributed by atoms with E-state index >= 15 is 0 Å². The van der Waals surface area contributed by atoms with Crippen molar-refractivity contribution < 1.29 is 14.3 Å². The molecule has 0 N–H and O–H groups in total. The van der Waals surface area contributed by atoms with E-state index in [1.54, 1.807) is 6.92 Å². The van der Waals surface area contributed by atoms with Gasteiger partial charge in [0.25, 0.3) is 0 Å². The molecule has 0 saturated heterocycles. The molecule has 0 bridgehead atoms. The van der Waals surface area contributed by atoms with E-state index in [1.165, 1.54) is 11.6 Å². The summed E-state index contributed by atoms with van der Waals surface area (Å²) in [6, 6.07) is 16.4. The molecule has 1 aliphatic rings. The topological polar surface area (TPSA) is 35.5 Å². The van der Waals surface area contributed by atoms with Crippen molar-refractivity contribution >= 4 is 12.0 Å². The number of rotatable bonds is 4. The predicted molar refractivity (Wildman–Crippen MR) is 95.7 cm³/mol. The van der Waals surface area contributed by atoms with Gasteiger partial charge in [0.15, 0.2) is 0 Å². The van der Waals surface area contributed by atoms with Crippen molar-refractivity contribution in [2.75, 3.05) is 13.2 Å². The van der Waals surface area contributed by atoms with Crippen LogP contribution in [0.2, 0.25) is 0 Å². The van der Waals surface area contributed by atoms with Crippen LogP contribution >= 0.6 is 0 Å². The fraction of sp³-hybridized carbons (Fsp3) is 0.190. The molecule has 0 amide bonds. The van der Waals surface area contributed by atoms with E-state index in [0.717, 1.165) is 28.0 Å². The summed E-state index contributed by atoms with van der Waals surface area (Å²) in [5.74, 6) is 0.544. The third-order valence-corrected chi connectivity index (χ3v) is 3.96. The molecular weight excluding hydrogens is 300 g/mol. The quantitative estimate of drug-likeness (QED) is 0.608. The van der Waals surface area contributed by atoms with Gasteiger partial charge in [-0.15, -0.1) is 0 Å². The summed E-state index contributed by atoms with van der Waals surface area (Å²) in [6.07, 6.45) is 3.60. The van der Waals surface area contributed by atoms with Crippen molar-refractivity contribution in [3.05, 3.63) is 71.3 Å². The number of hydrogen-bond acceptors (Lipinski definition) is 3. The largest absolute Gasteiger partial charge is 0.488 e. The van der Waals surface area contributed by atoms with Gasteiger partial charge in [-0.3, -0.25) is 0 Å². The summed E-state index contributed by atoms with van der Waals surface area (Å²) in [6.45, 7) is 4.53. The fourth-order valence-corrected chi connectivity index (χ4v) is 2.67. The monoisotopic (exact) mass is 320 g/mol.